The SMILES string of the molecule is Cc1ccc(/C=C/C(=O)NCCc2cn3ccccc3n2)o1. The molecule has 3 aromatic heterocycles. The molecule has 3 aromatic rings. The van der Waals surface area contributed by atoms with Crippen LogP contribution in [0.2, 0.25) is 0 Å². The Morgan fingerprint density at radius 1 is 1.36 bits per heavy atom. The fourth-order valence-electron chi connectivity index (χ4n) is 2.18. The van der Waals surface area contributed by atoms with Crippen molar-refractivity contribution in [3.63, 3.8) is 0 Å². The van der Waals surface area contributed by atoms with E-state index in [1.165, 1.54) is 6.08 Å². The normalized spacial score (nSPS) is 11.3. The largest absolute Gasteiger partial charge is 0.462 e. The van der Waals surface area contributed by atoms with Crippen LogP contribution in [-0.4, -0.2) is 21.8 Å². The molecule has 0 fully saturated rings. The number of imidazole rings is 1. The van der Waals surface area contributed by atoms with Crippen LogP contribution in [0, 0.1) is 6.92 Å². The van der Waals surface area contributed by atoms with E-state index in [1.54, 1.807) is 6.08 Å². The van der Waals surface area contributed by atoms with Crippen LogP contribution in [0.25, 0.3) is 11.7 Å². The molecule has 1 amide bonds. The van der Waals surface area contributed by atoms with Gasteiger partial charge >= 0.3 is 0 Å². The standard InChI is InChI=1S/C17H17N3O2/c1-13-5-6-15(22-13)7-8-17(21)18-10-9-14-12-20-11-3-2-4-16(20)19-14/h2-8,11-12H,9-10H2,1H3,(H,18,21)/b8-7+. The van der Waals surface area contributed by atoms with E-state index in [0.29, 0.717) is 18.7 Å². The summed E-state index contributed by atoms with van der Waals surface area (Å²) in [5.74, 6) is 1.36. The monoisotopic (exact) mass is 295 g/mol. The van der Waals surface area contributed by atoms with Crippen LogP contribution in [0.5, 0.6) is 0 Å². The Kier molecular flexibility index (Phi) is 4.05. The molecule has 0 radical (unpaired) electrons. The average molecular weight is 295 g/mol. The molecule has 0 spiro atoms. The second-order valence-corrected chi connectivity index (χ2v) is 5.02. The highest BCUT2D eigenvalue weighted by atomic mass is 16.3. The van der Waals surface area contributed by atoms with Crippen molar-refractivity contribution in [2.24, 2.45) is 0 Å². The van der Waals surface area contributed by atoms with E-state index in [4.69, 9.17) is 4.42 Å². The van der Waals surface area contributed by atoms with Gasteiger partial charge in [-0.05, 0) is 37.3 Å². The van der Waals surface area contributed by atoms with Crippen LogP contribution in [-0.2, 0) is 11.2 Å². The molecule has 0 aliphatic carbocycles. The van der Waals surface area contributed by atoms with E-state index in [2.05, 4.69) is 10.3 Å². The number of pyridine rings is 1. The number of nitrogens with zero attached hydrogens (tertiary/aromatic N) is 2. The van der Waals surface area contributed by atoms with Crippen LogP contribution < -0.4 is 5.32 Å². The molecule has 112 valence electrons. The summed E-state index contributed by atoms with van der Waals surface area (Å²) in [6, 6.07) is 9.56. The van der Waals surface area contributed by atoms with Gasteiger partial charge in [-0.1, -0.05) is 6.07 Å². The topological polar surface area (TPSA) is 59.5 Å². The van der Waals surface area contributed by atoms with Crippen molar-refractivity contribution < 1.29 is 9.21 Å². The van der Waals surface area contributed by atoms with Gasteiger partial charge in [0.15, 0.2) is 0 Å². The van der Waals surface area contributed by atoms with Crippen molar-refractivity contribution in [2.75, 3.05) is 6.54 Å². The number of amides is 1. The summed E-state index contributed by atoms with van der Waals surface area (Å²) < 4.78 is 7.33. The van der Waals surface area contributed by atoms with Crippen molar-refractivity contribution in [1.82, 2.24) is 14.7 Å². The molecule has 0 aliphatic rings. The number of hydrogen-bond donors (Lipinski definition) is 1. The van der Waals surface area contributed by atoms with Gasteiger partial charge in [-0.3, -0.25) is 4.79 Å². The highest BCUT2D eigenvalue weighted by Crippen LogP contribution is 2.07. The van der Waals surface area contributed by atoms with Crippen molar-refractivity contribution in [1.29, 1.82) is 0 Å². The minimum atomic E-state index is -0.141. The number of carbonyl (C=O) groups is 1. The van der Waals surface area contributed by atoms with Gasteiger partial charge in [0, 0.05) is 31.4 Å². The summed E-state index contributed by atoms with van der Waals surface area (Å²) in [5.41, 5.74) is 1.87. The number of aromatic nitrogens is 2. The van der Waals surface area contributed by atoms with E-state index in [9.17, 15) is 4.79 Å². The zero-order valence-corrected chi connectivity index (χ0v) is 12.3. The molecular formula is C17H17N3O2. The molecule has 0 atom stereocenters. The first-order chi connectivity index (χ1) is 10.7. The summed E-state index contributed by atoms with van der Waals surface area (Å²) in [6.07, 6.45) is 7.76. The molecule has 22 heavy (non-hydrogen) atoms. The molecular weight excluding hydrogens is 278 g/mol. The maximum Gasteiger partial charge on any atom is 0.244 e. The Hall–Kier alpha value is -2.82. The minimum Gasteiger partial charge on any atom is -0.462 e. The molecule has 0 saturated carbocycles. The van der Waals surface area contributed by atoms with Gasteiger partial charge in [-0.2, -0.15) is 0 Å². The first kappa shape index (κ1) is 14.1. The number of hydrogen-bond acceptors (Lipinski definition) is 3. The molecule has 5 heteroatoms. The maximum absolute atomic E-state index is 11.7. The smallest absolute Gasteiger partial charge is 0.244 e. The lowest BCUT2D eigenvalue weighted by Gasteiger charge is -1.99. The van der Waals surface area contributed by atoms with Crippen molar-refractivity contribution >= 4 is 17.6 Å². The second-order valence-electron chi connectivity index (χ2n) is 5.02. The third kappa shape index (κ3) is 3.44. The number of rotatable bonds is 5. The van der Waals surface area contributed by atoms with Gasteiger partial charge in [0.2, 0.25) is 5.91 Å². The van der Waals surface area contributed by atoms with Crippen LogP contribution in [0.3, 0.4) is 0 Å². The van der Waals surface area contributed by atoms with E-state index < -0.39 is 0 Å². The predicted molar refractivity (Wildman–Crippen MR) is 84.4 cm³/mol. The van der Waals surface area contributed by atoms with Crippen molar-refractivity contribution in [3.05, 3.63) is 66.0 Å². The quantitative estimate of drug-likeness (QED) is 0.736. The van der Waals surface area contributed by atoms with Gasteiger partial charge in [0.1, 0.15) is 17.2 Å². The number of carbonyl (C=O) groups excluding carboxylic acids is 1. The number of fused-ring (bicyclic) bond motifs is 1. The van der Waals surface area contributed by atoms with Crippen LogP contribution in [0.4, 0.5) is 0 Å². The number of nitrogens with one attached hydrogen (secondary N) is 1. The summed E-state index contributed by atoms with van der Waals surface area (Å²) in [5, 5.41) is 2.84. The Bertz CT molecular complexity index is 781. The fraction of sp³-hybridized carbons (Fsp3) is 0.176. The number of aryl methyl sites for hydroxylation is 1. The first-order valence-electron chi connectivity index (χ1n) is 7.16. The lowest BCUT2D eigenvalue weighted by atomic mass is 10.3. The van der Waals surface area contributed by atoms with Crippen LogP contribution >= 0.6 is 0 Å². The molecule has 0 aromatic carbocycles. The van der Waals surface area contributed by atoms with Crippen molar-refractivity contribution in [2.45, 2.75) is 13.3 Å². The maximum atomic E-state index is 11.7. The highest BCUT2D eigenvalue weighted by Gasteiger charge is 2.02. The van der Waals surface area contributed by atoms with E-state index in [-0.39, 0.29) is 5.91 Å². The first-order valence-corrected chi connectivity index (χ1v) is 7.16. The van der Waals surface area contributed by atoms with Crippen LogP contribution in [0.15, 0.2) is 53.2 Å². The Morgan fingerprint density at radius 2 is 2.27 bits per heavy atom. The van der Waals surface area contributed by atoms with E-state index >= 15 is 0 Å². The molecule has 5 nitrogen and oxygen atoms in total. The van der Waals surface area contributed by atoms with Gasteiger partial charge in [-0.15, -0.1) is 0 Å². The zero-order valence-electron chi connectivity index (χ0n) is 12.3. The zero-order chi connectivity index (χ0) is 15.4. The second kappa shape index (κ2) is 6.30. The molecule has 0 unspecified atom stereocenters. The van der Waals surface area contributed by atoms with Crippen molar-refractivity contribution in [3.8, 4) is 0 Å². The van der Waals surface area contributed by atoms with E-state index in [1.807, 2.05) is 54.0 Å². The van der Waals surface area contributed by atoms with E-state index in [0.717, 1.165) is 17.1 Å². The summed E-state index contributed by atoms with van der Waals surface area (Å²) in [6.45, 7) is 2.41. The predicted octanol–water partition coefficient (Wildman–Crippen LogP) is 2.61. The van der Waals surface area contributed by atoms with Gasteiger partial charge < -0.3 is 14.1 Å². The Morgan fingerprint density at radius 3 is 3.05 bits per heavy atom. The fourth-order valence-corrected chi connectivity index (χ4v) is 2.18. The summed E-state index contributed by atoms with van der Waals surface area (Å²) in [4.78, 5) is 16.2. The third-order valence-corrected chi connectivity index (χ3v) is 3.25. The molecule has 0 aliphatic heterocycles. The minimum absolute atomic E-state index is 0.141. The molecule has 1 N–H and O–H groups in total. The summed E-state index contributed by atoms with van der Waals surface area (Å²) in [7, 11) is 0. The summed E-state index contributed by atoms with van der Waals surface area (Å²) >= 11 is 0. The molecule has 0 bridgehead atoms. The highest BCUT2D eigenvalue weighted by molar-refractivity contribution is 5.91. The third-order valence-electron chi connectivity index (χ3n) is 3.25. The molecule has 3 rings (SSSR count). The number of furan rings is 1. The van der Waals surface area contributed by atoms with Gasteiger partial charge in [0.25, 0.3) is 0 Å². The van der Waals surface area contributed by atoms with Gasteiger partial charge in [0.05, 0.1) is 5.69 Å². The lowest BCUT2D eigenvalue weighted by molar-refractivity contribution is -0.116. The average Bonchev–Trinajstić information content (AvgIpc) is 3.10. The Labute approximate surface area is 128 Å². The lowest BCUT2D eigenvalue weighted by Crippen LogP contribution is -2.23. The Balaban J connectivity index is 1.50. The van der Waals surface area contributed by atoms with Crippen LogP contribution in [0.1, 0.15) is 17.2 Å². The molecule has 3 heterocycles. The van der Waals surface area contributed by atoms with Gasteiger partial charge in [-0.25, -0.2) is 4.98 Å². The molecule has 0 saturated heterocycles.